The fourth-order valence-corrected chi connectivity index (χ4v) is 2.27. The van der Waals surface area contributed by atoms with Crippen molar-refractivity contribution in [1.29, 1.82) is 0 Å². The molecule has 1 aromatic heterocycles. The molecular formula is C10H11BFN3O2S. The average Bonchev–Trinajstić information content (AvgIpc) is 2.73. The van der Waals surface area contributed by atoms with Crippen molar-refractivity contribution in [3.05, 3.63) is 35.9 Å². The van der Waals surface area contributed by atoms with Crippen LogP contribution < -0.4 is 5.46 Å². The molecule has 18 heavy (non-hydrogen) atoms. The van der Waals surface area contributed by atoms with Crippen molar-refractivity contribution in [2.45, 2.75) is 10.9 Å². The number of benzene rings is 1. The normalized spacial score (nSPS) is 10.7. The van der Waals surface area contributed by atoms with Crippen LogP contribution in [0.1, 0.15) is 5.56 Å². The SMILES string of the molecule is Cn1ncnc1SCc1ccc(B(O)O)cc1F. The minimum atomic E-state index is -1.65. The number of thioether (sulfide) groups is 1. The minimum absolute atomic E-state index is 0.139. The monoisotopic (exact) mass is 267 g/mol. The first-order valence-corrected chi connectivity index (χ1v) is 6.17. The van der Waals surface area contributed by atoms with Gasteiger partial charge in [-0.2, -0.15) is 5.10 Å². The lowest BCUT2D eigenvalue weighted by Gasteiger charge is -2.05. The molecule has 5 nitrogen and oxygen atoms in total. The van der Waals surface area contributed by atoms with Gasteiger partial charge in [0.25, 0.3) is 0 Å². The van der Waals surface area contributed by atoms with E-state index in [1.807, 2.05) is 0 Å². The van der Waals surface area contributed by atoms with Crippen LogP contribution in [0.4, 0.5) is 4.39 Å². The first kappa shape index (κ1) is 13.1. The highest BCUT2D eigenvalue weighted by Gasteiger charge is 2.14. The first-order chi connectivity index (χ1) is 8.58. The van der Waals surface area contributed by atoms with E-state index in [-0.39, 0.29) is 5.46 Å². The standard InChI is InChI=1S/C10H11BFN3O2S/c1-15-10(13-6-14-15)18-5-7-2-3-8(11(16)17)4-9(7)12/h2-4,6,16-17H,5H2,1H3. The zero-order chi connectivity index (χ0) is 13.1. The second-order valence-electron chi connectivity index (χ2n) is 3.68. The largest absolute Gasteiger partial charge is 0.488 e. The smallest absolute Gasteiger partial charge is 0.423 e. The molecule has 0 spiro atoms. The summed E-state index contributed by atoms with van der Waals surface area (Å²) in [5, 5.41) is 22.4. The zero-order valence-electron chi connectivity index (χ0n) is 9.62. The van der Waals surface area contributed by atoms with Crippen LogP contribution in [0, 0.1) is 5.82 Å². The van der Waals surface area contributed by atoms with Gasteiger partial charge in [0.2, 0.25) is 0 Å². The quantitative estimate of drug-likeness (QED) is 0.599. The zero-order valence-corrected chi connectivity index (χ0v) is 10.4. The van der Waals surface area contributed by atoms with Crippen molar-refractivity contribution in [2.24, 2.45) is 7.05 Å². The Bertz CT molecular complexity index is 550. The van der Waals surface area contributed by atoms with Gasteiger partial charge in [-0.25, -0.2) is 14.1 Å². The van der Waals surface area contributed by atoms with E-state index in [0.29, 0.717) is 16.5 Å². The highest BCUT2D eigenvalue weighted by molar-refractivity contribution is 7.98. The third-order valence-electron chi connectivity index (χ3n) is 2.40. The number of rotatable bonds is 4. The molecule has 2 aromatic rings. The molecule has 0 amide bonds. The van der Waals surface area contributed by atoms with Crippen LogP contribution in [0.25, 0.3) is 0 Å². The maximum absolute atomic E-state index is 13.7. The van der Waals surface area contributed by atoms with Gasteiger partial charge in [0, 0.05) is 12.8 Å². The van der Waals surface area contributed by atoms with E-state index in [9.17, 15) is 4.39 Å². The Morgan fingerprint density at radius 3 is 2.78 bits per heavy atom. The summed E-state index contributed by atoms with van der Waals surface area (Å²) in [5.41, 5.74) is 0.618. The summed E-state index contributed by atoms with van der Waals surface area (Å²) in [6.07, 6.45) is 1.43. The molecule has 0 bridgehead atoms. The number of hydrogen-bond donors (Lipinski definition) is 2. The Morgan fingerprint density at radius 2 is 2.22 bits per heavy atom. The minimum Gasteiger partial charge on any atom is -0.423 e. The van der Waals surface area contributed by atoms with E-state index in [4.69, 9.17) is 10.0 Å². The molecule has 8 heteroatoms. The molecule has 0 unspecified atom stereocenters. The summed E-state index contributed by atoms with van der Waals surface area (Å²) in [6, 6.07) is 4.14. The van der Waals surface area contributed by atoms with Crippen LogP contribution in [-0.4, -0.2) is 31.9 Å². The van der Waals surface area contributed by atoms with Gasteiger partial charge in [-0.1, -0.05) is 23.9 Å². The Kier molecular flexibility index (Phi) is 4.00. The summed E-state index contributed by atoms with van der Waals surface area (Å²) in [5.74, 6) is -0.0598. The van der Waals surface area contributed by atoms with E-state index in [1.165, 1.54) is 30.2 Å². The summed E-state index contributed by atoms with van der Waals surface area (Å²) < 4.78 is 15.3. The predicted octanol–water partition coefficient (Wildman–Crippen LogP) is -0.0737. The third-order valence-corrected chi connectivity index (χ3v) is 3.49. The van der Waals surface area contributed by atoms with Gasteiger partial charge in [-0.3, -0.25) is 0 Å². The predicted molar refractivity (Wildman–Crippen MR) is 66.8 cm³/mol. The first-order valence-electron chi connectivity index (χ1n) is 5.19. The molecular weight excluding hydrogens is 256 g/mol. The van der Waals surface area contributed by atoms with Crippen molar-refractivity contribution in [1.82, 2.24) is 14.8 Å². The van der Waals surface area contributed by atoms with Crippen LogP contribution in [-0.2, 0) is 12.8 Å². The van der Waals surface area contributed by atoms with E-state index in [2.05, 4.69) is 10.1 Å². The Hall–Kier alpha value is -1.38. The van der Waals surface area contributed by atoms with Gasteiger partial charge >= 0.3 is 7.12 Å². The van der Waals surface area contributed by atoms with Crippen molar-refractivity contribution < 1.29 is 14.4 Å². The van der Waals surface area contributed by atoms with E-state index < -0.39 is 12.9 Å². The fourth-order valence-electron chi connectivity index (χ4n) is 1.40. The van der Waals surface area contributed by atoms with E-state index >= 15 is 0 Å². The highest BCUT2D eigenvalue weighted by Crippen LogP contribution is 2.20. The van der Waals surface area contributed by atoms with Gasteiger partial charge in [-0.05, 0) is 17.1 Å². The maximum atomic E-state index is 13.7. The lowest BCUT2D eigenvalue weighted by molar-refractivity contribution is 0.425. The van der Waals surface area contributed by atoms with Gasteiger partial charge in [-0.15, -0.1) is 0 Å². The summed E-state index contributed by atoms with van der Waals surface area (Å²) in [4.78, 5) is 4.02. The number of hydrogen-bond acceptors (Lipinski definition) is 5. The van der Waals surface area contributed by atoms with Crippen LogP contribution in [0.3, 0.4) is 0 Å². The van der Waals surface area contributed by atoms with Crippen LogP contribution in [0.5, 0.6) is 0 Å². The Labute approximate surface area is 108 Å². The molecule has 0 aliphatic heterocycles. The third kappa shape index (κ3) is 2.89. The van der Waals surface area contributed by atoms with Crippen LogP contribution >= 0.6 is 11.8 Å². The Balaban J connectivity index is 2.08. The van der Waals surface area contributed by atoms with Gasteiger partial charge < -0.3 is 10.0 Å². The number of nitrogens with zero attached hydrogens (tertiary/aromatic N) is 3. The van der Waals surface area contributed by atoms with E-state index in [0.717, 1.165) is 6.07 Å². The molecule has 0 radical (unpaired) electrons. The molecule has 0 aliphatic carbocycles. The van der Waals surface area contributed by atoms with Crippen molar-refractivity contribution in [3.8, 4) is 0 Å². The molecule has 0 saturated heterocycles. The van der Waals surface area contributed by atoms with Crippen molar-refractivity contribution >= 4 is 24.3 Å². The molecule has 2 rings (SSSR count). The lowest BCUT2D eigenvalue weighted by Crippen LogP contribution is -2.30. The van der Waals surface area contributed by atoms with E-state index in [1.54, 1.807) is 11.7 Å². The Morgan fingerprint density at radius 1 is 1.44 bits per heavy atom. The lowest BCUT2D eigenvalue weighted by atomic mass is 9.80. The van der Waals surface area contributed by atoms with Gasteiger partial charge in [0.1, 0.15) is 12.1 Å². The number of aromatic nitrogens is 3. The molecule has 1 heterocycles. The van der Waals surface area contributed by atoms with Crippen molar-refractivity contribution in [2.75, 3.05) is 0 Å². The van der Waals surface area contributed by atoms with Crippen LogP contribution in [0.15, 0.2) is 29.7 Å². The number of halogens is 1. The summed E-state index contributed by atoms with van der Waals surface area (Å²) in [7, 11) is 0.108. The van der Waals surface area contributed by atoms with Crippen molar-refractivity contribution in [3.63, 3.8) is 0 Å². The molecule has 0 fully saturated rings. The summed E-state index contributed by atoms with van der Waals surface area (Å²) in [6.45, 7) is 0. The second kappa shape index (κ2) is 5.51. The highest BCUT2D eigenvalue weighted by atomic mass is 32.2. The molecule has 0 saturated carbocycles. The van der Waals surface area contributed by atoms with Gasteiger partial charge in [0.05, 0.1) is 0 Å². The average molecular weight is 267 g/mol. The molecule has 0 aliphatic rings. The molecule has 94 valence electrons. The van der Waals surface area contributed by atoms with Crippen LogP contribution in [0.2, 0.25) is 0 Å². The van der Waals surface area contributed by atoms with Gasteiger partial charge in [0.15, 0.2) is 5.16 Å². The summed E-state index contributed by atoms with van der Waals surface area (Å²) >= 11 is 1.36. The second-order valence-corrected chi connectivity index (χ2v) is 4.62. The topological polar surface area (TPSA) is 71.2 Å². The number of aryl methyl sites for hydroxylation is 1. The molecule has 0 atom stereocenters. The maximum Gasteiger partial charge on any atom is 0.488 e. The molecule has 1 aromatic carbocycles. The fraction of sp³-hybridized carbons (Fsp3) is 0.200. The molecule has 2 N–H and O–H groups in total.